The first-order valence-corrected chi connectivity index (χ1v) is 9.46. The average molecular weight is 350 g/mol. The summed E-state index contributed by atoms with van der Waals surface area (Å²) in [5.41, 5.74) is 0.497. The van der Waals surface area contributed by atoms with Crippen LogP contribution >= 0.6 is 23.2 Å². The van der Waals surface area contributed by atoms with Crippen LogP contribution in [0.15, 0.2) is 12.1 Å². The lowest BCUT2D eigenvalue weighted by Gasteiger charge is -2.34. The van der Waals surface area contributed by atoms with Gasteiger partial charge >= 0.3 is 0 Å². The number of fused-ring (bicyclic) bond motifs is 1. The van der Waals surface area contributed by atoms with E-state index in [1.807, 2.05) is 13.0 Å². The zero-order chi connectivity index (χ0) is 15.3. The smallest absolute Gasteiger partial charge is 0.152 e. The summed E-state index contributed by atoms with van der Waals surface area (Å²) in [6, 6.07) is 3.50. The fourth-order valence-corrected chi connectivity index (χ4v) is 5.79. The van der Waals surface area contributed by atoms with Crippen molar-refractivity contribution < 1.29 is 13.2 Å². The summed E-state index contributed by atoms with van der Waals surface area (Å²) in [5.74, 6) is 1.05. The van der Waals surface area contributed by atoms with Gasteiger partial charge in [0.05, 0.1) is 23.1 Å². The molecular formula is C14H17Cl2NO3S. The summed E-state index contributed by atoms with van der Waals surface area (Å²) in [7, 11) is -2.94. The van der Waals surface area contributed by atoms with Gasteiger partial charge in [0.2, 0.25) is 0 Å². The standard InChI is InChI=1S/C14H17Cl2NO3S/c1-14(3-5-21(18,19)8-14)17-12-2-4-20-13-10(12)6-9(15)7-11(13)16/h6-7,12,17H,2-5,8H2,1H3. The van der Waals surface area contributed by atoms with Gasteiger partial charge in [0, 0.05) is 28.6 Å². The number of hydrogen-bond acceptors (Lipinski definition) is 4. The fourth-order valence-electron chi connectivity index (χ4n) is 3.12. The van der Waals surface area contributed by atoms with Crippen LogP contribution in [0.3, 0.4) is 0 Å². The molecule has 2 unspecified atom stereocenters. The Morgan fingerprint density at radius 1 is 1.38 bits per heavy atom. The second-order valence-electron chi connectivity index (χ2n) is 6.04. The molecule has 0 saturated carbocycles. The molecule has 2 aliphatic rings. The highest BCUT2D eigenvalue weighted by Gasteiger charge is 2.40. The van der Waals surface area contributed by atoms with E-state index in [1.165, 1.54) is 0 Å². The van der Waals surface area contributed by atoms with Crippen molar-refractivity contribution in [1.29, 1.82) is 0 Å². The fraction of sp³-hybridized carbons (Fsp3) is 0.571. The average Bonchev–Trinajstić information content (AvgIpc) is 2.64. The molecule has 4 nitrogen and oxygen atoms in total. The third-order valence-corrected chi connectivity index (χ3v) is 6.49. The predicted octanol–water partition coefficient (Wildman–Crippen LogP) is 2.98. The number of sulfone groups is 1. The van der Waals surface area contributed by atoms with Gasteiger partial charge in [-0.15, -0.1) is 0 Å². The molecule has 0 amide bonds. The summed E-state index contributed by atoms with van der Waals surface area (Å²) >= 11 is 12.3. The summed E-state index contributed by atoms with van der Waals surface area (Å²) < 4.78 is 29.1. The molecule has 7 heteroatoms. The molecule has 1 N–H and O–H groups in total. The van der Waals surface area contributed by atoms with Crippen LogP contribution in [0.4, 0.5) is 0 Å². The Hall–Kier alpha value is -0.490. The van der Waals surface area contributed by atoms with Crippen LogP contribution in [0.5, 0.6) is 5.75 Å². The molecule has 0 spiro atoms. The summed E-state index contributed by atoms with van der Waals surface area (Å²) in [5, 5.41) is 4.53. The Bertz CT molecular complexity index is 677. The van der Waals surface area contributed by atoms with Gasteiger partial charge < -0.3 is 10.1 Å². The van der Waals surface area contributed by atoms with Crippen molar-refractivity contribution in [2.24, 2.45) is 0 Å². The number of benzene rings is 1. The summed E-state index contributed by atoms with van der Waals surface area (Å²) in [4.78, 5) is 0. The first-order chi connectivity index (χ1) is 9.78. The van der Waals surface area contributed by atoms with Crippen molar-refractivity contribution in [1.82, 2.24) is 5.32 Å². The van der Waals surface area contributed by atoms with E-state index >= 15 is 0 Å². The second-order valence-corrected chi connectivity index (χ2v) is 9.07. The zero-order valence-corrected chi connectivity index (χ0v) is 14.0. The molecule has 2 heterocycles. The third kappa shape index (κ3) is 3.16. The van der Waals surface area contributed by atoms with E-state index in [9.17, 15) is 8.42 Å². The van der Waals surface area contributed by atoms with Crippen molar-refractivity contribution in [3.63, 3.8) is 0 Å². The van der Waals surface area contributed by atoms with Crippen LogP contribution in [-0.4, -0.2) is 32.1 Å². The molecular weight excluding hydrogens is 333 g/mol. The van der Waals surface area contributed by atoms with Gasteiger partial charge in [-0.2, -0.15) is 0 Å². The van der Waals surface area contributed by atoms with E-state index in [0.29, 0.717) is 28.8 Å². The van der Waals surface area contributed by atoms with Crippen LogP contribution in [-0.2, 0) is 9.84 Å². The monoisotopic (exact) mass is 349 g/mol. The molecule has 2 atom stereocenters. The maximum absolute atomic E-state index is 11.7. The Labute approximate surface area is 134 Å². The quantitative estimate of drug-likeness (QED) is 0.891. The molecule has 116 valence electrons. The molecule has 2 aliphatic heterocycles. The zero-order valence-electron chi connectivity index (χ0n) is 11.7. The molecule has 0 aromatic heterocycles. The van der Waals surface area contributed by atoms with Crippen LogP contribution < -0.4 is 10.1 Å². The number of ether oxygens (including phenoxy) is 1. The Morgan fingerprint density at radius 2 is 2.14 bits per heavy atom. The molecule has 1 aromatic carbocycles. The molecule has 0 radical (unpaired) electrons. The minimum Gasteiger partial charge on any atom is -0.492 e. The van der Waals surface area contributed by atoms with Gasteiger partial charge in [-0.25, -0.2) is 8.42 Å². The van der Waals surface area contributed by atoms with Gasteiger partial charge in [0.15, 0.2) is 9.84 Å². The normalized spacial score (nSPS) is 30.7. The van der Waals surface area contributed by atoms with Crippen LogP contribution in [0.1, 0.15) is 31.4 Å². The van der Waals surface area contributed by atoms with Crippen molar-refractivity contribution in [3.8, 4) is 5.75 Å². The number of halogens is 2. The maximum Gasteiger partial charge on any atom is 0.152 e. The minimum atomic E-state index is -2.94. The molecule has 1 aromatic rings. The Kier molecular flexibility index (Phi) is 3.89. The van der Waals surface area contributed by atoms with Crippen molar-refractivity contribution in [2.75, 3.05) is 18.1 Å². The maximum atomic E-state index is 11.7. The van der Waals surface area contributed by atoms with Gasteiger partial charge in [0.25, 0.3) is 0 Å². The van der Waals surface area contributed by atoms with Crippen LogP contribution in [0.2, 0.25) is 10.0 Å². The lowest BCUT2D eigenvalue weighted by molar-refractivity contribution is 0.227. The highest BCUT2D eigenvalue weighted by molar-refractivity contribution is 7.91. The molecule has 0 aliphatic carbocycles. The number of hydrogen-bond donors (Lipinski definition) is 1. The van der Waals surface area contributed by atoms with Crippen molar-refractivity contribution in [3.05, 3.63) is 27.7 Å². The van der Waals surface area contributed by atoms with Crippen molar-refractivity contribution >= 4 is 33.0 Å². The van der Waals surface area contributed by atoms with E-state index < -0.39 is 15.4 Å². The summed E-state index contributed by atoms with van der Waals surface area (Å²) in [6.45, 7) is 2.51. The topological polar surface area (TPSA) is 55.4 Å². The van der Waals surface area contributed by atoms with Gasteiger partial charge in [-0.3, -0.25) is 0 Å². The summed E-state index contributed by atoms with van der Waals surface area (Å²) in [6.07, 6.45) is 1.38. The second kappa shape index (κ2) is 5.30. The van der Waals surface area contributed by atoms with Gasteiger partial charge in [-0.1, -0.05) is 23.2 Å². The van der Waals surface area contributed by atoms with Crippen molar-refractivity contribution in [2.45, 2.75) is 31.3 Å². The van der Waals surface area contributed by atoms with E-state index in [2.05, 4.69) is 5.32 Å². The van der Waals surface area contributed by atoms with E-state index in [1.54, 1.807) is 6.07 Å². The lowest BCUT2D eigenvalue weighted by Crippen LogP contribution is -2.46. The highest BCUT2D eigenvalue weighted by Crippen LogP contribution is 2.41. The highest BCUT2D eigenvalue weighted by atomic mass is 35.5. The van der Waals surface area contributed by atoms with Crippen LogP contribution in [0.25, 0.3) is 0 Å². The molecule has 0 bridgehead atoms. The molecule has 1 fully saturated rings. The van der Waals surface area contributed by atoms with E-state index in [-0.39, 0.29) is 17.5 Å². The molecule has 21 heavy (non-hydrogen) atoms. The largest absolute Gasteiger partial charge is 0.492 e. The van der Waals surface area contributed by atoms with E-state index in [4.69, 9.17) is 27.9 Å². The van der Waals surface area contributed by atoms with Gasteiger partial charge in [0.1, 0.15) is 5.75 Å². The first-order valence-electron chi connectivity index (χ1n) is 6.88. The Balaban J connectivity index is 1.89. The predicted molar refractivity (Wildman–Crippen MR) is 84.1 cm³/mol. The third-order valence-electron chi connectivity index (χ3n) is 4.09. The Morgan fingerprint density at radius 3 is 2.81 bits per heavy atom. The molecule has 1 saturated heterocycles. The minimum absolute atomic E-state index is 0.00301. The number of nitrogens with one attached hydrogen (secondary N) is 1. The van der Waals surface area contributed by atoms with Crippen LogP contribution in [0, 0.1) is 0 Å². The first kappa shape index (κ1) is 15.4. The lowest BCUT2D eigenvalue weighted by atomic mass is 9.94. The SMILES string of the molecule is CC1(NC2CCOc3c(Cl)cc(Cl)cc32)CCS(=O)(=O)C1. The number of rotatable bonds is 2. The van der Waals surface area contributed by atoms with E-state index in [0.717, 1.165) is 12.0 Å². The van der Waals surface area contributed by atoms with Gasteiger partial charge in [-0.05, 0) is 25.5 Å². The molecule has 3 rings (SSSR count).